The summed E-state index contributed by atoms with van der Waals surface area (Å²) in [6, 6.07) is 1.52. The van der Waals surface area contributed by atoms with Crippen molar-refractivity contribution in [2.24, 2.45) is 0 Å². The molecule has 0 aliphatic rings. The number of aromatic nitrogens is 1. The highest BCUT2D eigenvalue weighted by Gasteiger charge is 2.15. The Morgan fingerprint density at radius 2 is 2.17 bits per heavy atom. The van der Waals surface area contributed by atoms with Crippen LogP contribution in [0.3, 0.4) is 0 Å². The van der Waals surface area contributed by atoms with Crippen LogP contribution in [0.5, 0.6) is 0 Å². The van der Waals surface area contributed by atoms with E-state index in [1.165, 1.54) is 6.07 Å². The molecule has 1 rings (SSSR count). The van der Waals surface area contributed by atoms with Crippen LogP contribution >= 0.6 is 22.6 Å². The number of hydrogen-bond acceptors (Lipinski definition) is 1. The van der Waals surface area contributed by atoms with Crippen LogP contribution in [0.25, 0.3) is 0 Å². The van der Waals surface area contributed by atoms with E-state index >= 15 is 0 Å². The van der Waals surface area contributed by atoms with E-state index in [4.69, 9.17) is 0 Å². The number of nitrogens with one attached hydrogen (secondary N) is 1. The summed E-state index contributed by atoms with van der Waals surface area (Å²) in [6.45, 7) is 1.65. The molecular formula is C7H6F2INO. The molecule has 1 N–H and O–H groups in total. The zero-order valence-electron chi connectivity index (χ0n) is 6.20. The van der Waals surface area contributed by atoms with E-state index in [0.717, 1.165) is 0 Å². The third-order valence-electron chi connectivity index (χ3n) is 1.37. The smallest absolute Gasteiger partial charge is 0.270 e. The Kier molecular flexibility index (Phi) is 2.81. The van der Waals surface area contributed by atoms with Crippen molar-refractivity contribution in [3.05, 3.63) is 31.2 Å². The molecule has 66 valence electrons. The lowest BCUT2D eigenvalue weighted by Crippen LogP contribution is -2.15. The fourth-order valence-corrected chi connectivity index (χ4v) is 1.81. The number of alkyl halides is 2. The van der Waals surface area contributed by atoms with E-state index in [1.807, 2.05) is 0 Å². The summed E-state index contributed by atoms with van der Waals surface area (Å²) < 4.78 is 24.7. The molecule has 0 aliphatic heterocycles. The lowest BCUT2D eigenvalue weighted by molar-refractivity contribution is 0.148. The first-order chi connectivity index (χ1) is 5.52. The van der Waals surface area contributed by atoms with Crippen molar-refractivity contribution in [2.45, 2.75) is 13.3 Å². The van der Waals surface area contributed by atoms with Gasteiger partial charge in [0.05, 0.1) is 5.56 Å². The van der Waals surface area contributed by atoms with E-state index in [-0.39, 0.29) is 0 Å². The van der Waals surface area contributed by atoms with Crippen LogP contribution in [-0.4, -0.2) is 4.98 Å². The Morgan fingerprint density at radius 1 is 1.58 bits per heavy atom. The SMILES string of the molecule is Cc1cc(I)c(C(F)F)c(=O)[nH]1. The summed E-state index contributed by atoms with van der Waals surface area (Å²) >= 11 is 1.73. The van der Waals surface area contributed by atoms with Crippen molar-refractivity contribution in [2.75, 3.05) is 0 Å². The number of pyridine rings is 1. The second kappa shape index (κ2) is 3.51. The van der Waals surface area contributed by atoms with Crippen molar-refractivity contribution in [1.82, 2.24) is 4.98 Å². The summed E-state index contributed by atoms with van der Waals surface area (Å²) in [5, 5.41) is 0. The number of aromatic amines is 1. The third-order valence-corrected chi connectivity index (χ3v) is 2.27. The molecule has 5 heteroatoms. The molecule has 12 heavy (non-hydrogen) atoms. The minimum atomic E-state index is -2.71. The molecule has 0 aliphatic carbocycles. The molecule has 0 amide bonds. The summed E-state index contributed by atoms with van der Waals surface area (Å²) in [5.74, 6) is 0. The molecular weight excluding hydrogens is 279 g/mol. The summed E-state index contributed by atoms with van der Waals surface area (Å²) in [5.41, 5.74) is -0.551. The summed E-state index contributed by atoms with van der Waals surface area (Å²) in [6.07, 6.45) is -2.71. The highest BCUT2D eigenvalue weighted by atomic mass is 127. The Hall–Kier alpha value is -0.460. The van der Waals surface area contributed by atoms with Gasteiger partial charge >= 0.3 is 0 Å². The van der Waals surface area contributed by atoms with Crippen LogP contribution in [0.4, 0.5) is 8.78 Å². The summed E-state index contributed by atoms with van der Waals surface area (Å²) in [7, 11) is 0. The predicted molar refractivity (Wildman–Crippen MR) is 49.5 cm³/mol. The van der Waals surface area contributed by atoms with Crippen molar-refractivity contribution >= 4 is 22.6 Å². The average molecular weight is 285 g/mol. The normalized spacial score (nSPS) is 10.8. The van der Waals surface area contributed by atoms with Crippen LogP contribution in [0, 0.1) is 10.5 Å². The Labute approximate surface area is 81.1 Å². The second-order valence-corrected chi connectivity index (χ2v) is 3.51. The maximum Gasteiger partial charge on any atom is 0.270 e. The van der Waals surface area contributed by atoms with Crippen molar-refractivity contribution < 1.29 is 8.78 Å². The molecule has 0 radical (unpaired) electrons. The zero-order valence-corrected chi connectivity index (χ0v) is 8.35. The molecule has 0 fully saturated rings. The Morgan fingerprint density at radius 3 is 2.58 bits per heavy atom. The Balaban J connectivity index is 3.39. The van der Waals surface area contributed by atoms with E-state index in [1.54, 1.807) is 29.5 Å². The van der Waals surface area contributed by atoms with Gasteiger partial charge in [0.2, 0.25) is 0 Å². The van der Waals surface area contributed by atoms with E-state index < -0.39 is 17.5 Å². The minimum Gasteiger partial charge on any atom is -0.326 e. The standard InChI is InChI=1S/C7H6F2INO/c1-3-2-4(10)5(6(8)9)7(12)11-3/h2,6H,1H3,(H,11,12). The van der Waals surface area contributed by atoms with Crippen LogP contribution in [0.2, 0.25) is 0 Å². The van der Waals surface area contributed by atoms with E-state index in [9.17, 15) is 13.6 Å². The fraction of sp³-hybridized carbons (Fsp3) is 0.286. The highest BCUT2D eigenvalue weighted by molar-refractivity contribution is 14.1. The van der Waals surface area contributed by atoms with Crippen molar-refractivity contribution in [3.63, 3.8) is 0 Å². The monoisotopic (exact) mass is 285 g/mol. The summed E-state index contributed by atoms with van der Waals surface area (Å²) in [4.78, 5) is 13.3. The van der Waals surface area contributed by atoms with Gasteiger partial charge in [0, 0.05) is 9.26 Å². The van der Waals surface area contributed by atoms with E-state index in [2.05, 4.69) is 4.98 Å². The second-order valence-electron chi connectivity index (χ2n) is 2.34. The molecule has 2 nitrogen and oxygen atoms in total. The van der Waals surface area contributed by atoms with Gasteiger partial charge in [-0.1, -0.05) is 0 Å². The number of H-pyrrole nitrogens is 1. The maximum absolute atomic E-state index is 12.2. The average Bonchev–Trinajstić information content (AvgIpc) is 1.82. The molecule has 0 spiro atoms. The van der Waals surface area contributed by atoms with Crippen LogP contribution in [-0.2, 0) is 0 Å². The molecule has 1 aromatic heterocycles. The first-order valence-corrected chi connectivity index (χ1v) is 4.27. The van der Waals surface area contributed by atoms with Gasteiger partial charge in [-0.2, -0.15) is 0 Å². The first-order valence-electron chi connectivity index (χ1n) is 3.20. The minimum absolute atomic E-state index is 0.309. The van der Waals surface area contributed by atoms with Gasteiger partial charge in [0.25, 0.3) is 12.0 Å². The maximum atomic E-state index is 12.2. The number of hydrogen-bond donors (Lipinski definition) is 1. The molecule has 0 unspecified atom stereocenters. The van der Waals surface area contributed by atoms with Crippen LogP contribution in [0.1, 0.15) is 17.7 Å². The molecule has 0 saturated carbocycles. The van der Waals surface area contributed by atoms with Crippen molar-refractivity contribution in [3.8, 4) is 0 Å². The largest absolute Gasteiger partial charge is 0.326 e. The lowest BCUT2D eigenvalue weighted by Gasteiger charge is -2.02. The Bertz CT molecular complexity index is 348. The quantitative estimate of drug-likeness (QED) is 0.788. The van der Waals surface area contributed by atoms with Gasteiger partial charge in [-0.05, 0) is 35.6 Å². The fourth-order valence-electron chi connectivity index (χ4n) is 0.862. The van der Waals surface area contributed by atoms with Gasteiger partial charge in [0.15, 0.2) is 0 Å². The molecule has 0 bridgehead atoms. The lowest BCUT2D eigenvalue weighted by atomic mass is 10.2. The zero-order chi connectivity index (χ0) is 9.30. The predicted octanol–water partition coefficient (Wildman–Crippen LogP) is 2.23. The molecule has 1 heterocycles. The molecule has 1 aromatic rings. The van der Waals surface area contributed by atoms with Gasteiger partial charge in [-0.25, -0.2) is 8.78 Å². The number of aryl methyl sites for hydroxylation is 1. The van der Waals surface area contributed by atoms with Crippen LogP contribution < -0.4 is 5.56 Å². The number of rotatable bonds is 1. The van der Waals surface area contributed by atoms with Gasteiger partial charge in [-0.15, -0.1) is 0 Å². The molecule has 0 atom stereocenters. The van der Waals surface area contributed by atoms with Gasteiger partial charge < -0.3 is 4.98 Å². The van der Waals surface area contributed by atoms with E-state index in [0.29, 0.717) is 9.26 Å². The third kappa shape index (κ3) is 1.82. The first kappa shape index (κ1) is 9.63. The number of halogens is 3. The molecule has 0 aromatic carbocycles. The van der Waals surface area contributed by atoms with Gasteiger partial charge in [-0.3, -0.25) is 4.79 Å². The molecule has 0 saturated heterocycles. The van der Waals surface area contributed by atoms with Crippen LogP contribution in [0.15, 0.2) is 10.9 Å². The van der Waals surface area contributed by atoms with Gasteiger partial charge in [0.1, 0.15) is 0 Å². The topological polar surface area (TPSA) is 32.9 Å². The highest BCUT2D eigenvalue weighted by Crippen LogP contribution is 2.20. The van der Waals surface area contributed by atoms with Crippen molar-refractivity contribution in [1.29, 1.82) is 0 Å².